The van der Waals surface area contributed by atoms with E-state index in [1.54, 1.807) is 17.9 Å². The van der Waals surface area contributed by atoms with Gasteiger partial charge in [-0.2, -0.15) is 0 Å². The molecule has 1 aromatic carbocycles. The molecule has 0 saturated carbocycles. The standard InChI is InChI=1S/C24H33N5O4/c1-27-18-20(21(26-27)32-2)22(30)29-14-12-28(13-15-29)11-10-25-23(31)24(8-16-33-17-9-24)19-6-4-3-5-7-19/h3-7,18H,8-17H2,1-2H3,(H,25,31). The Hall–Kier alpha value is -2.91. The fourth-order valence-electron chi connectivity index (χ4n) is 4.73. The number of rotatable bonds is 7. The van der Waals surface area contributed by atoms with Crippen LogP contribution in [0, 0.1) is 0 Å². The Balaban J connectivity index is 1.27. The Labute approximate surface area is 194 Å². The van der Waals surface area contributed by atoms with Gasteiger partial charge in [0.15, 0.2) is 0 Å². The maximum Gasteiger partial charge on any atom is 0.261 e. The van der Waals surface area contributed by atoms with Gasteiger partial charge in [0.2, 0.25) is 11.8 Å². The van der Waals surface area contributed by atoms with Crippen molar-refractivity contribution in [3.63, 3.8) is 0 Å². The molecule has 0 spiro atoms. The molecule has 33 heavy (non-hydrogen) atoms. The van der Waals surface area contributed by atoms with Gasteiger partial charge in [-0.3, -0.25) is 19.2 Å². The van der Waals surface area contributed by atoms with Gasteiger partial charge in [0.05, 0.1) is 12.5 Å². The number of piperazine rings is 1. The van der Waals surface area contributed by atoms with Crippen molar-refractivity contribution in [2.24, 2.45) is 7.05 Å². The van der Waals surface area contributed by atoms with Crippen LogP contribution in [-0.4, -0.2) is 91.0 Å². The first-order valence-corrected chi connectivity index (χ1v) is 11.5. The third-order valence-corrected chi connectivity index (χ3v) is 6.70. The summed E-state index contributed by atoms with van der Waals surface area (Å²) in [6, 6.07) is 10.0. The van der Waals surface area contributed by atoms with Crippen LogP contribution in [0.5, 0.6) is 5.88 Å². The zero-order chi connectivity index (χ0) is 23.3. The van der Waals surface area contributed by atoms with Gasteiger partial charge in [0.25, 0.3) is 5.91 Å². The zero-order valence-electron chi connectivity index (χ0n) is 19.5. The van der Waals surface area contributed by atoms with Gasteiger partial charge in [0, 0.05) is 65.7 Å². The molecule has 9 nitrogen and oxygen atoms in total. The number of carbonyl (C=O) groups is 2. The number of carbonyl (C=O) groups excluding carboxylic acids is 2. The Morgan fingerprint density at radius 3 is 2.48 bits per heavy atom. The summed E-state index contributed by atoms with van der Waals surface area (Å²) in [5, 5.41) is 7.34. The molecule has 2 aromatic rings. The van der Waals surface area contributed by atoms with Crippen LogP contribution in [0.15, 0.2) is 36.5 Å². The van der Waals surface area contributed by atoms with Crippen LogP contribution >= 0.6 is 0 Å². The van der Waals surface area contributed by atoms with Crippen molar-refractivity contribution in [2.45, 2.75) is 18.3 Å². The summed E-state index contributed by atoms with van der Waals surface area (Å²) in [6.07, 6.45) is 3.09. The summed E-state index contributed by atoms with van der Waals surface area (Å²) >= 11 is 0. The van der Waals surface area contributed by atoms with Crippen LogP contribution in [0.1, 0.15) is 28.8 Å². The molecule has 2 amide bonds. The monoisotopic (exact) mass is 455 g/mol. The minimum Gasteiger partial charge on any atom is -0.479 e. The molecule has 2 saturated heterocycles. The van der Waals surface area contributed by atoms with E-state index in [0.29, 0.717) is 57.1 Å². The number of aryl methyl sites for hydroxylation is 1. The molecule has 2 aliphatic rings. The Morgan fingerprint density at radius 2 is 1.82 bits per heavy atom. The summed E-state index contributed by atoms with van der Waals surface area (Å²) in [6.45, 7) is 5.33. The van der Waals surface area contributed by atoms with Crippen LogP contribution in [0.2, 0.25) is 0 Å². The van der Waals surface area contributed by atoms with Gasteiger partial charge >= 0.3 is 0 Å². The highest BCUT2D eigenvalue weighted by atomic mass is 16.5. The van der Waals surface area contributed by atoms with Crippen molar-refractivity contribution in [3.8, 4) is 5.88 Å². The average molecular weight is 456 g/mol. The molecular weight excluding hydrogens is 422 g/mol. The lowest BCUT2D eigenvalue weighted by Gasteiger charge is -2.37. The lowest BCUT2D eigenvalue weighted by molar-refractivity contribution is -0.130. The molecule has 0 radical (unpaired) electrons. The summed E-state index contributed by atoms with van der Waals surface area (Å²) in [5.74, 6) is 0.375. The largest absolute Gasteiger partial charge is 0.479 e. The van der Waals surface area contributed by atoms with E-state index in [4.69, 9.17) is 9.47 Å². The lowest BCUT2D eigenvalue weighted by atomic mass is 9.73. The number of nitrogens with one attached hydrogen (secondary N) is 1. The van der Waals surface area contributed by atoms with Crippen molar-refractivity contribution < 1.29 is 19.1 Å². The second kappa shape index (κ2) is 10.4. The molecule has 178 valence electrons. The second-order valence-electron chi connectivity index (χ2n) is 8.68. The smallest absolute Gasteiger partial charge is 0.261 e. The molecule has 1 aromatic heterocycles. The number of amides is 2. The van der Waals surface area contributed by atoms with Gasteiger partial charge in [0.1, 0.15) is 5.56 Å². The first-order chi connectivity index (χ1) is 16.0. The molecule has 3 heterocycles. The fourth-order valence-corrected chi connectivity index (χ4v) is 4.73. The van der Waals surface area contributed by atoms with Crippen molar-refractivity contribution in [1.29, 1.82) is 0 Å². The highest BCUT2D eigenvalue weighted by Crippen LogP contribution is 2.35. The van der Waals surface area contributed by atoms with Gasteiger partial charge < -0.3 is 19.7 Å². The Kier molecular flexibility index (Phi) is 7.29. The molecule has 0 aliphatic carbocycles. The normalized spacial score (nSPS) is 18.7. The maximum atomic E-state index is 13.3. The first kappa shape index (κ1) is 23.3. The third-order valence-electron chi connectivity index (χ3n) is 6.70. The van der Waals surface area contributed by atoms with E-state index in [9.17, 15) is 9.59 Å². The van der Waals surface area contributed by atoms with Crippen LogP contribution in [-0.2, 0) is 22.0 Å². The van der Waals surface area contributed by atoms with Crippen molar-refractivity contribution in [1.82, 2.24) is 24.9 Å². The van der Waals surface area contributed by atoms with Crippen LogP contribution < -0.4 is 10.1 Å². The van der Waals surface area contributed by atoms with E-state index in [-0.39, 0.29) is 11.8 Å². The molecule has 2 aliphatic heterocycles. The van der Waals surface area contributed by atoms with E-state index < -0.39 is 5.41 Å². The van der Waals surface area contributed by atoms with Gasteiger partial charge in [-0.05, 0) is 18.4 Å². The highest BCUT2D eigenvalue weighted by Gasteiger charge is 2.41. The number of hydrogen-bond donors (Lipinski definition) is 1. The number of hydrogen-bond acceptors (Lipinski definition) is 6. The zero-order valence-corrected chi connectivity index (χ0v) is 19.5. The van der Waals surface area contributed by atoms with Gasteiger partial charge in [-0.25, -0.2) is 0 Å². The molecule has 9 heteroatoms. The molecule has 2 fully saturated rings. The highest BCUT2D eigenvalue weighted by molar-refractivity contribution is 5.96. The molecule has 1 N–H and O–H groups in total. The SMILES string of the molecule is COc1nn(C)cc1C(=O)N1CCN(CCNC(=O)C2(c3ccccc3)CCOCC2)CC1. The quantitative estimate of drug-likeness (QED) is 0.672. The maximum absolute atomic E-state index is 13.3. The Bertz CT molecular complexity index is 947. The second-order valence-corrected chi connectivity index (χ2v) is 8.68. The van der Waals surface area contributed by atoms with E-state index >= 15 is 0 Å². The third kappa shape index (κ3) is 5.04. The predicted octanol–water partition coefficient (Wildman–Crippen LogP) is 1.05. The average Bonchev–Trinajstić information content (AvgIpc) is 3.25. The van der Waals surface area contributed by atoms with Crippen molar-refractivity contribution in [3.05, 3.63) is 47.7 Å². The van der Waals surface area contributed by atoms with E-state index in [1.165, 1.54) is 7.11 Å². The summed E-state index contributed by atoms with van der Waals surface area (Å²) in [5.41, 5.74) is 1.03. The topological polar surface area (TPSA) is 88.9 Å². The minimum atomic E-state index is -0.520. The van der Waals surface area contributed by atoms with E-state index in [1.807, 2.05) is 35.2 Å². The summed E-state index contributed by atoms with van der Waals surface area (Å²) < 4.78 is 12.4. The summed E-state index contributed by atoms with van der Waals surface area (Å²) in [7, 11) is 3.29. The lowest BCUT2D eigenvalue weighted by Crippen LogP contribution is -2.52. The number of methoxy groups -OCH3 is 1. The van der Waals surface area contributed by atoms with E-state index in [2.05, 4.69) is 15.3 Å². The van der Waals surface area contributed by atoms with Crippen molar-refractivity contribution >= 4 is 11.8 Å². The van der Waals surface area contributed by atoms with Crippen LogP contribution in [0.25, 0.3) is 0 Å². The number of ether oxygens (including phenoxy) is 2. The molecule has 0 bridgehead atoms. The summed E-state index contributed by atoms with van der Waals surface area (Å²) in [4.78, 5) is 30.2. The molecular formula is C24H33N5O4. The van der Waals surface area contributed by atoms with E-state index in [0.717, 1.165) is 25.2 Å². The number of benzene rings is 1. The number of aromatic nitrogens is 2. The Morgan fingerprint density at radius 1 is 1.12 bits per heavy atom. The minimum absolute atomic E-state index is 0.0581. The molecule has 0 unspecified atom stereocenters. The first-order valence-electron chi connectivity index (χ1n) is 11.5. The fraction of sp³-hybridized carbons (Fsp3) is 0.542. The number of nitrogens with zero attached hydrogens (tertiary/aromatic N) is 4. The molecule has 0 atom stereocenters. The van der Waals surface area contributed by atoms with Crippen molar-refractivity contribution in [2.75, 3.05) is 59.6 Å². The van der Waals surface area contributed by atoms with Crippen LogP contribution in [0.3, 0.4) is 0 Å². The van der Waals surface area contributed by atoms with Crippen LogP contribution in [0.4, 0.5) is 0 Å². The van der Waals surface area contributed by atoms with Gasteiger partial charge in [-0.15, -0.1) is 5.10 Å². The molecule has 4 rings (SSSR count). The predicted molar refractivity (Wildman–Crippen MR) is 123 cm³/mol. The van der Waals surface area contributed by atoms with Gasteiger partial charge in [-0.1, -0.05) is 30.3 Å².